The number of nitrogens with two attached hydrogens (primary N) is 1. The van der Waals surface area contributed by atoms with Crippen LogP contribution in [0, 0.1) is 0 Å². The van der Waals surface area contributed by atoms with Gasteiger partial charge in [-0.2, -0.15) is 5.10 Å². The molecule has 1 fully saturated rings. The topological polar surface area (TPSA) is 147 Å². The summed E-state index contributed by atoms with van der Waals surface area (Å²) in [5.41, 5.74) is 1.95. The maximum atomic E-state index is 11.5. The Kier molecular flexibility index (Phi) is 5.15. The number of rotatable bonds is 8. The first kappa shape index (κ1) is 19.0. The Balaban J connectivity index is 0. The molecule has 1 aliphatic carbocycles. The standard InChI is InChI=1S/C17H20N6O3S2.5H2/c18-28(25,26)15-6-5-13(27-15)17-19-9-11(2-1-7-24)16(21-17)20-14-8-12(22-23-14)10-3-4-10;;;;;/h5-6,8-10,24H,1-4,7H2,(H2,18,25,26)(H2,19,20,21,22,23);5*1H. The lowest BCUT2D eigenvalue weighted by molar-refractivity contribution is 0.288. The molecule has 0 aliphatic heterocycles. The molecule has 3 aromatic heterocycles. The van der Waals surface area contributed by atoms with Gasteiger partial charge in [0.1, 0.15) is 10.0 Å². The normalized spacial score (nSPS) is 14.4. The van der Waals surface area contributed by atoms with E-state index in [0.29, 0.717) is 41.1 Å². The summed E-state index contributed by atoms with van der Waals surface area (Å²) in [5, 5.41) is 24.9. The van der Waals surface area contributed by atoms with Gasteiger partial charge >= 0.3 is 0 Å². The fraction of sp³-hybridized carbons (Fsp3) is 0.353. The van der Waals surface area contributed by atoms with Gasteiger partial charge in [0, 0.05) is 43.2 Å². The first-order chi connectivity index (χ1) is 13.4. The number of sulfonamides is 1. The molecule has 3 heterocycles. The summed E-state index contributed by atoms with van der Waals surface area (Å²) in [6, 6.07) is 5.05. The van der Waals surface area contributed by atoms with Crippen molar-refractivity contribution in [2.24, 2.45) is 5.14 Å². The maximum absolute atomic E-state index is 11.5. The Morgan fingerprint density at radius 2 is 2.21 bits per heavy atom. The summed E-state index contributed by atoms with van der Waals surface area (Å²) in [6.45, 7) is 0.0675. The molecule has 11 heteroatoms. The zero-order valence-corrected chi connectivity index (χ0v) is 16.6. The molecule has 0 spiro atoms. The average molecular weight is 431 g/mol. The number of aromatic nitrogens is 4. The number of H-pyrrole nitrogens is 1. The van der Waals surface area contributed by atoms with E-state index >= 15 is 0 Å². The van der Waals surface area contributed by atoms with Gasteiger partial charge in [-0.05, 0) is 37.8 Å². The highest BCUT2D eigenvalue weighted by atomic mass is 32.2. The lowest BCUT2D eigenvalue weighted by Gasteiger charge is -2.10. The van der Waals surface area contributed by atoms with Gasteiger partial charge in [0.05, 0.1) is 4.88 Å². The zero-order valence-electron chi connectivity index (χ0n) is 14.9. The molecule has 1 saturated carbocycles. The second-order valence-electron chi connectivity index (χ2n) is 6.67. The van der Waals surface area contributed by atoms with E-state index in [9.17, 15) is 8.42 Å². The van der Waals surface area contributed by atoms with Gasteiger partial charge in [0.2, 0.25) is 10.0 Å². The van der Waals surface area contributed by atoms with Crippen molar-refractivity contribution in [1.29, 1.82) is 0 Å². The van der Waals surface area contributed by atoms with Gasteiger partial charge in [-0.1, -0.05) is 0 Å². The number of anilines is 2. The third kappa shape index (κ3) is 4.22. The third-order valence-corrected chi connectivity index (χ3v) is 6.93. The van der Waals surface area contributed by atoms with E-state index in [-0.39, 0.29) is 17.9 Å². The number of nitrogens with one attached hydrogen (secondary N) is 2. The smallest absolute Gasteiger partial charge is 0.247 e. The molecule has 0 atom stereocenters. The van der Waals surface area contributed by atoms with Crippen molar-refractivity contribution >= 4 is 33.0 Å². The Bertz CT molecular complexity index is 1110. The molecular weight excluding hydrogens is 400 g/mol. The van der Waals surface area contributed by atoms with Crippen LogP contribution in [0.15, 0.2) is 28.6 Å². The monoisotopic (exact) mass is 430 g/mol. The largest absolute Gasteiger partial charge is 0.396 e. The van der Waals surface area contributed by atoms with Crippen molar-refractivity contribution in [2.75, 3.05) is 11.9 Å². The highest BCUT2D eigenvalue weighted by molar-refractivity contribution is 7.91. The summed E-state index contributed by atoms with van der Waals surface area (Å²) < 4.78 is 23.1. The molecular formula is C17H30N6O3S2. The molecule has 0 unspecified atom stereocenters. The predicted octanol–water partition coefficient (Wildman–Crippen LogP) is 3.35. The minimum absolute atomic E-state index is 0. The van der Waals surface area contributed by atoms with Crippen LogP contribution in [0.5, 0.6) is 0 Å². The van der Waals surface area contributed by atoms with Crippen LogP contribution in [0.3, 0.4) is 0 Å². The van der Waals surface area contributed by atoms with Crippen LogP contribution in [0.4, 0.5) is 11.6 Å². The summed E-state index contributed by atoms with van der Waals surface area (Å²) in [5.74, 6) is 2.19. The Morgan fingerprint density at radius 3 is 2.89 bits per heavy atom. The van der Waals surface area contributed by atoms with E-state index in [2.05, 4.69) is 25.5 Å². The van der Waals surface area contributed by atoms with E-state index in [4.69, 9.17) is 10.2 Å². The number of aromatic amines is 1. The summed E-state index contributed by atoms with van der Waals surface area (Å²) >= 11 is 1.02. The van der Waals surface area contributed by atoms with Crippen LogP contribution in [0.2, 0.25) is 0 Å². The van der Waals surface area contributed by atoms with E-state index in [1.54, 1.807) is 12.3 Å². The lowest BCUT2D eigenvalue weighted by atomic mass is 10.1. The number of aliphatic hydroxyl groups excluding tert-OH is 1. The first-order valence-corrected chi connectivity index (χ1v) is 11.2. The van der Waals surface area contributed by atoms with Crippen LogP contribution < -0.4 is 10.5 Å². The number of hydrogen-bond donors (Lipinski definition) is 4. The molecule has 158 valence electrons. The summed E-state index contributed by atoms with van der Waals surface area (Å²) in [7, 11) is -3.76. The van der Waals surface area contributed by atoms with Crippen molar-refractivity contribution in [1.82, 2.24) is 20.2 Å². The van der Waals surface area contributed by atoms with Crippen LogP contribution in [0.1, 0.15) is 43.6 Å². The van der Waals surface area contributed by atoms with Gasteiger partial charge in [-0.25, -0.2) is 23.5 Å². The maximum Gasteiger partial charge on any atom is 0.247 e. The van der Waals surface area contributed by atoms with Crippen molar-refractivity contribution < 1.29 is 20.7 Å². The number of nitrogens with zero attached hydrogens (tertiary/aromatic N) is 3. The van der Waals surface area contributed by atoms with Gasteiger partial charge < -0.3 is 10.4 Å². The van der Waals surface area contributed by atoms with Gasteiger partial charge in [0.15, 0.2) is 11.6 Å². The van der Waals surface area contributed by atoms with Gasteiger partial charge in [-0.3, -0.25) is 5.10 Å². The van der Waals surface area contributed by atoms with E-state index in [0.717, 1.165) is 22.6 Å². The second kappa shape index (κ2) is 7.59. The SMILES string of the molecule is NS(=O)(=O)c1ccc(-c2ncc(CCCO)c(Nc3cc(C4CC4)[nH]n3)n2)s1.[HH].[HH].[HH].[HH].[HH]. The number of aryl methyl sites for hydroxylation is 1. The Hall–Kier alpha value is -2.34. The van der Waals surface area contributed by atoms with Crippen molar-refractivity contribution in [3.8, 4) is 10.7 Å². The Morgan fingerprint density at radius 1 is 1.39 bits per heavy atom. The molecule has 9 nitrogen and oxygen atoms in total. The highest BCUT2D eigenvalue weighted by Crippen LogP contribution is 2.39. The Labute approximate surface area is 173 Å². The fourth-order valence-corrected chi connectivity index (χ4v) is 4.48. The quantitative estimate of drug-likeness (QED) is 0.428. The van der Waals surface area contributed by atoms with E-state index < -0.39 is 10.0 Å². The number of aliphatic hydroxyl groups is 1. The molecule has 0 radical (unpaired) electrons. The number of thiophene rings is 1. The predicted molar refractivity (Wildman–Crippen MR) is 117 cm³/mol. The molecule has 0 bridgehead atoms. The number of hydrogen-bond acceptors (Lipinski definition) is 8. The van der Waals surface area contributed by atoms with Crippen LogP contribution in [-0.4, -0.2) is 40.3 Å². The third-order valence-electron chi connectivity index (χ3n) is 4.41. The molecule has 0 saturated heterocycles. The number of primary sulfonamides is 1. The molecule has 28 heavy (non-hydrogen) atoms. The molecule has 1 aliphatic rings. The molecule has 0 aromatic carbocycles. The minimum Gasteiger partial charge on any atom is -0.396 e. The van der Waals surface area contributed by atoms with Crippen molar-refractivity contribution in [2.45, 2.75) is 35.8 Å². The molecule has 4 rings (SSSR count). The van der Waals surface area contributed by atoms with Gasteiger partial charge in [0.25, 0.3) is 0 Å². The first-order valence-electron chi connectivity index (χ1n) is 8.86. The van der Waals surface area contributed by atoms with Crippen LogP contribution >= 0.6 is 11.3 Å². The zero-order chi connectivity index (χ0) is 19.7. The van der Waals surface area contributed by atoms with Gasteiger partial charge in [-0.15, -0.1) is 11.3 Å². The van der Waals surface area contributed by atoms with Crippen LogP contribution in [-0.2, 0) is 16.4 Å². The van der Waals surface area contributed by atoms with E-state index in [1.165, 1.54) is 18.9 Å². The fourth-order valence-electron chi connectivity index (χ4n) is 2.80. The van der Waals surface area contributed by atoms with Crippen molar-refractivity contribution in [3.63, 3.8) is 0 Å². The molecule has 0 amide bonds. The van der Waals surface area contributed by atoms with E-state index in [1.807, 2.05) is 6.07 Å². The highest BCUT2D eigenvalue weighted by Gasteiger charge is 2.25. The molecule has 5 N–H and O–H groups in total. The summed E-state index contributed by atoms with van der Waals surface area (Å²) in [6.07, 6.45) is 5.22. The lowest BCUT2D eigenvalue weighted by Crippen LogP contribution is -2.09. The van der Waals surface area contributed by atoms with Crippen LogP contribution in [0.25, 0.3) is 10.7 Å². The molecule has 3 aromatic rings. The second-order valence-corrected chi connectivity index (χ2v) is 9.54. The van der Waals surface area contributed by atoms with Crippen molar-refractivity contribution in [3.05, 3.63) is 35.7 Å². The minimum atomic E-state index is -3.76. The average Bonchev–Trinajstić information content (AvgIpc) is 3.18. The summed E-state index contributed by atoms with van der Waals surface area (Å²) in [4.78, 5) is 9.53.